The fourth-order valence-corrected chi connectivity index (χ4v) is 8.39. The van der Waals surface area contributed by atoms with Crippen LogP contribution in [-0.4, -0.2) is 97.7 Å². The normalized spacial score (nSPS) is 25.9. The molecule has 2 aliphatic rings. The van der Waals surface area contributed by atoms with E-state index >= 15 is 0 Å². The first-order valence-corrected chi connectivity index (χ1v) is 18.4. The SMILES string of the molecule is CO[C@@H]1[C@H](OP(OCCC#N)N(C(C)C)C(C)C)[C@@H]([C@H](C)NC(=O)C[C@H]2C[C@H](n3cc(C)c(=O)[nH]c3=O)O[C@@H]2CO)O[C@H]1n1cc(C)c(=O)[nH]c1=O. The highest BCUT2D eigenvalue weighted by molar-refractivity contribution is 7.44. The monoisotopic (exact) mass is 751 g/mol. The molecule has 1 unspecified atom stereocenters. The lowest BCUT2D eigenvalue weighted by Crippen LogP contribution is -2.49. The number of ether oxygens (including phenoxy) is 3. The number of amides is 1. The molecule has 19 heteroatoms. The summed E-state index contributed by atoms with van der Waals surface area (Å²) >= 11 is 0. The minimum atomic E-state index is -1.82. The maximum absolute atomic E-state index is 13.6. The second-order valence-corrected chi connectivity index (χ2v) is 15.0. The Hall–Kier alpha value is -3.53. The number of nitrogens with one attached hydrogen (secondary N) is 3. The standard InChI is InChI=1S/C33H50N7O11P/c1-17(2)40(18(3)4)52(48-11-9-10-34)51-27-26(50-31(28(27)47-8)39-15-20(6)30(44)37-33(39)46)21(7)35-24(42)12-22-13-25(49-23(22)16-41)38-14-19(5)29(43)36-32(38)45/h14-15,17-18,21-23,25-28,31,41H,9,11-13,16H2,1-8H3,(H,35,42)(H,36,43,45)(H,37,44,46)/t21-,22-,23+,25+,26+,27+,28+,31+,52?/m0/s1. The van der Waals surface area contributed by atoms with E-state index < -0.39 is 92.4 Å². The average Bonchev–Trinajstić information content (AvgIpc) is 3.64. The topological polar surface area (TPSA) is 232 Å². The minimum Gasteiger partial charge on any atom is -0.394 e. The van der Waals surface area contributed by atoms with E-state index in [1.54, 1.807) is 20.8 Å². The van der Waals surface area contributed by atoms with Crippen LogP contribution in [0.4, 0.5) is 0 Å². The number of aromatic amines is 2. The van der Waals surface area contributed by atoms with Crippen LogP contribution in [0.25, 0.3) is 0 Å². The van der Waals surface area contributed by atoms with Crippen LogP contribution in [0.3, 0.4) is 0 Å². The highest BCUT2D eigenvalue weighted by atomic mass is 31.2. The summed E-state index contributed by atoms with van der Waals surface area (Å²) in [5, 5.41) is 22.2. The van der Waals surface area contributed by atoms with Crippen LogP contribution in [0.15, 0.2) is 31.6 Å². The van der Waals surface area contributed by atoms with E-state index in [0.717, 1.165) is 0 Å². The predicted octanol–water partition coefficient (Wildman–Crippen LogP) is 1.07. The third kappa shape index (κ3) is 9.33. The van der Waals surface area contributed by atoms with Crippen molar-refractivity contribution in [3.63, 3.8) is 0 Å². The first kappa shape index (κ1) is 41.2. The molecule has 0 aliphatic carbocycles. The molecule has 4 heterocycles. The van der Waals surface area contributed by atoms with Crippen molar-refractivity contribution in [1.29, 1.82) is 5.26 Å². The van der Waals surface area contributed by atoms with Crippen molar-refractivity contribution < 1.29 is 33.2 Å². The molecule has 0 bridgehead atoms. The van der Waals surface area contributed by atoms with Crippen LogP contribution in [-0.2, 0) is 28.1 Å². The van der Waals surface area contributed by atoms with Crippen molar-refractivity contribution in [2.45, 2.75) is 123 Å². The first-order chi connectivity index (χ1) is 24.6. The van der Waals surface area contributed by atoms with Gasteiger partial charge in [-0.2, -0.15) is 5.26 Å². The summed E-state index contributed by atoms with van der Waals surface area (Å²) in [6.45, 7) is 12.5. The fraction of sp³-hybridized carbons (Fsp3) is 0.697. The summed E-state index contributed by atoms with van der Waals surface area (Å²) in [5.41, 5.74) is -1.87. The van der Waals surface area contributed by atoms with Crippen LogP contribution >= 0.6 is 8.53 Å². The van der Waals surface area contributed by atoms with E-state index in [1.807, 2.05) is 32.4 Å². The number of aromatic nitrogens is 4. The number of methoxy groups -OCH3 is 1. The molecular formula is C33H50N7O11P. The molecule has 2 aromatic rings. The molecule has 2 fully saturated rings. The number of aryl methyl sites for hydroxylation is 2. The van der Waals surface area contributed by atoms with Gasteiger partial charge in [-0.25, -0.2) is 14.3 Å². The number of hydrogen-bond acceptors (Lipinski definition) is 13. The zero-order valence-corrected chi connectivity index (χ0v) is 31.6. The fourth-order valence-electron chi connectivity index (χ4n) is 6.63. The minimum absolute atomic E-state index is 0.0276. The summed E-state index contributed by atoms with van der Waals surface area (Å²) in [5.74, 6) is -0.882. The highest BCUT2D eigenvalue weighted by Gasteiger charge is 2.52. The van der Waals surface area contributed by atoms with Crippen LogP contribution in [0.5, 0.6) is 0 Å². The largest absolute Gasteiger partial charge is 0.394 e. The molecule has 18 nitrogen and oxygen atoms in total. The zero-order chi connectivity index (χ0) is 38.4. The number of H-pyrrole nitrogens is 2. The van der Waals surface area contributed by atoms with E-state index in [4.69, 9.17) is 23.3 Å². The Morgan fingerprint density at radius 3 is 2.19 bits per heavy atom. The Morgan fingerprint density at radius 1 is 1.04 bits per heavy atom. The molecule has 0 saturated carbocycles. The van der Waals surface area contributed by atoms with Crippen LogP contribution in [0.1, 0.15) is 77.5 Å². The summed E-state index contributed by atoms with van der Waals surface area (Å²) in [7, 11) is -0.381. The maximum atomic E-state index is 13.6. The van der Waals surface area contributed by atoms with Gasteiger partial charge in [0, 0.05) is 55.1 Å². The van der Waals surface area contributed by atoms with Crippen molar-refractivity contribution in [3.8, 4) is 6.07 Å². The summed E-state index contributed by atoms with van der Waals surface area (Å²) < 4.78 is 35.7. The van der Waals surface area contributed by atoms with Gasteiger partial charge in [0.2, 0.25) is 5.91 Å². The Balaban J connectivity index is 1.62. The van der Waals surface area contributed by atoms with Crippen LogP contribution in [0, 0.1) is 31.1 Å². The smallest absolute Gasteiger partial charge is 0.330 e. The van der Waals surface area contributed by atoms with Gasteiger partial charge in [-0.3, -0.25) is 33.5 Å². The van der Waals surface area contributed by atoms with E-state index in [9.17, 15) is 34.3 Å². The lowest BCUT2D eigenvalue weighted by molar-refractivity contribution is -0.125. The number of rotatable bonds is 16. The highest BCUT2D eigenvalue weighted by Crippen LogP contribution is 2.50. The van der Waals surface area contributed by atoms with Crippen LogP contribution in [0.2, 0.25) is 0 Å². The maximum Gasteiger partial charge on any atom is 0.330 e. The van der Waals surface area contributed by atoms with Crippen molar-refractivity contribution >= 4 is 14.4 Å². The Labute approximate surface area is 302 Å². The van der Waals surface area contributed by atoms with Gasteiger partial charge in [-0.1, -0.05) is 0 Å². The number of nitrogens with zero attached hydrogens (tertiary/aromatic N) is 4. The van der Waals surface area contributed by atoms with Gasteiger partial charge < -0.3 is 33.7 Å². The molecule has 4 rings (SSSR count). The molecule has 1 amide bonds. The molecule has 0 radical (unpaired) electrons. The summed E-state index contributed by atoms with van der Waals surface area (Å²) in [6, 6.07) is 1.28. The van der Waals surface area contributed by atoms with E-state index in [0.29, 0.717) is 5.56 Å². The quantitative estimate of drug-likeness (QED) is 0.139. The van der Waals surface area contributed by atoms with Crippen molar-refractivity contribution in [3.05, 3.63) is 65.2 Å². The third-order valence-electron chi connectivity index (χ3n) is 9.12. The van der Waals surface area contributed by atoms with Gasteiger partial charge in [-0.15, -0.1) is 0 Å². The van der Waals surface area contributed by atoms with Gasteiger partial charge >= 0.3 is 11.4 Å². The number of aliphatic hydroxyl groups is 1. The van der Waals surface area contributed by atoms with E-state index in [1.165, 1.54) is 28.6 Å². The van der Waals surface area contributed by atoms with Crippen molar-refractivity contribution in [2.24, 2.45) is 5.92 Å². The molecule has 288 valence electrons. The van der Waals surface area contributed by atoms with Gasteiger partial charge in [0.25, 0.3) is 19.6 Å². The van der Waals surface area contributed by atoms with E-state index in [-0.39, 0.29) is 43.5 Å². The number of aliphatic hydroxyl groups excluding tert-OH is 1. The molecule has 2 saturated heterocycles. The van der Waals surface area contributed by atoms with E-state index in [2.05, 4.69) is 21.4 Å². The second-order valence-electron chi connectivity index (χ2n) is 13.6. The van der Waals surface area contributed by atoms with Gasteiger partial charge in [0.15, 0.2) is 6.23 Å². The number of carbonyl (C=O) groups is 1. The Morgan fingerprint density at radius 2 is 1.63 bits per heavy atom. The average molecular weight is 752 g/mol. The van der Waals surface area contributed by atoms with Gasteiger partial charge in [0.05, 0.1) is 37.8 Å². The molecule has 2 aromatic heterocycles. The van der Waals surface area contributed by atoms with Crippen molar-refractivity contribution in [2.75, 3.05) is 20.3 Å². The predicted molar refractivity (Wildman–Crippen MR) is 188 cm³/mol. The molecule has 9 atom stereocenters. The van der Waals surface area contributed by atoms with Gasteiger partial charge in [0.1, 0.15) is 24.5 Å². The second kappa shape index (κ2) is 18.0. The summed E-state index contributed by atoms with van der Waals surface area (Å²) in [4.78, 5) is 67.8. The summed E-state index contributed by atoms with van der Waals surface area (Å²) in [6.07, 6.45) is -2.35. The van der Waals surface area contributed by atoms with Crippen molar-refractivity contribution in [1.82, 2.24) is 29.1 Å². The van der Waals surface area contributed by atoms with Gasteiger partial charge in [-0.05, 0) is 54.9 Å². The number of carbonyl (C=O) groups excluding carboxylic acids is 1. The Kier molecular flexibility index (Phi) is 14.3. The lowest BCUT2D eigenvalue weighted by Gasteiger charge is -2.38. The Bertz CT molecular complexity index is 1810. The molecule has 0 aromatic carbocycles. The van der Waals surface area contributed by atoms with Crippen LogP contribution < -0.4 is 27.8 Å². The first-order valence-electron chi connectivity index (χ1n) is 17.2. The molecule has 52 heavy (non-hydrogen) atoms. The molecule has 0 spiro atoms. The lowest BCUT2D eigenvalue weighted by atomic mass is 9.96. The third-order valence-corrected chi connectivity index (χ3v) is 11.2. The molecular weight excluding hydrogens is 701 g/mol. The molecule has 2 aliphatic heterocycles. The molecule has 4 N–H and O–H groups in total. The number of nitriles is 1. The zero-order valence-electron chi connectivity index (χ0n) is 30.7. The number of hydrogen-bond donors (Lipinski definition) is 4.